The molecule has 33 heavy (non-hydrogen) atoms. The smallest absolute Gasteiger partial charge is 0.224 e. The largest absolute Gasteiger partial charge is 0.401 e. The lowest BCUT2D eigenvalue weighted by molar-refractivity contribution is -0.119. The van der Waals surface area contributed by atoms with Crippen LogP contribution in [0.3, 0.4) is 0 Å². The number of nitrogens with one attached hydrogen (secondary N) is 3. The third kappa shape index (κ3) is 5.05. The maximum atomic E-state index is 12.1. The average molecular weight is 447 g/mol. The first-order chi connectivity index (χ1) is 16.0. The first-order valence-electron chi connectivity index (χ1n) is 11.6. The molecule has 7 N–H and O–H groups in total. The summed E-state index contributed by atoms with van der Waals surface area (Å²) in [5.41, 5.74) is 14.6. The number of rotatable bonds is 5. The zero-order valence-electron chi connectivity index (χ0n) is 19.4. The number of anilines is 1. The van der Waals surface area contributed by atoms with Gasteiger partial charge in [-0.1, -0.05) is 36.4 Å². The van der Waals surface area contributed by atoms with Gasteiger partial charge in [-0.3, -0.25) is 4.79 Å². The molecule has 0 aliphatic carbocycles. The number of amides is 1. The van der Waals surface area contributed by atoms with Gasteiger partial charge < -0.3 is 26.7 Å². The van der Waals surface area contributed by atoms with Crippen molar-refractivity contribution in [3.63, 3.8) is 0 Å². The molecule has 2 aromatic rings. The first kappa shape index (κ1) is 22.9. The molecule has 0 saturated carbocycles. The van der Waals surface area contributed by atoms with Crippen molar-refractivity contribution in [2.45, 2.75) is 32.2 Å². The first-order valence-corrected chi connectivity index (χ1v) is 11.6. The van der Waals surface area contributed by atoms with Crippen molar-refractivity contribution >= 4 is 22.9 Å². The van der Waals surface area contributed by atoms with Crippen molar-refractivity contribution in [2.75, 3.05) is 32.0 Å². The molecular weight excluding hydrogens is 412 g/mol. The number of hydrogen-bond acceptors (Lipinski definition) is 6. The van der Waals surface area contributed by atoms with Gasteiger partial charge in [-0.15, -0.1) is 0 Å². The number of likely N-dealkylation sites (N-methyl/N-ethyl adjacent to an activating group) is 1. The Morgan fingerprint density at radius 1 is 1.24 bits per heavy atom. The van der Waals surface area contributed by atoms with E-state index in [9.17, 15) is 4.79 Å². The number of carbonyl (C=O) groups is 1. The lowest BCUT2D eigenvalue weighted by atomic mass is 9.90. The van der Waals surface area contributed by atoms with E-state index < -0.39 is 0 Å². The van der Waals surface area contributed by atoms with Crippen LogP contribution in [0.2, 0.25) is 0 Å². The highest BCUT2D eigenvalue weighted by molar-refractivity contribution is 5.80. The summed E-state index contributed by atoms with van der Waals surface area (Å²) in [7, 11) is 1.66. The van der Waals surface area contributed by atoms with Gasteiger partial charge in [-0.2, -0.15) is 0 Å². The van der Waals surface area contributed by atoms with Crippen LogP contribution in [0.25, 0.3) is 11.3 Å². The van der Waals surface area contributed by atoms with Gasteiger partial charge in [0.05, 0.1) is 18.2 Å². The molecule has 0 saturated heterocycles. The van der Waals surface area contributed by atoms with Crippen molar-refractivity contribution in [2.24, 2.45) is 11.6 Å². The molecule has 7 nitrogen and oxygen atoms in total. The lowest BCUT2D eigenvalue weighted by Crippen LogP contribution is -2.31. The molecule has 0 spiro atoms. The molecule has 1 amide bonds. The monoisotopic (exact) mass is 446 g/mol. The predicted molar refractivity (Wildman–Crippen MR) is 135 cm³/mol. The van der Waals surface area contributed by atoms with Gasteiger partial charge in [0.15, 0.2) is 0 Å². The number of carbonyl (C=O) groups excluding carboxylic acids is 1. The summed E-state index contributed by atoms with van der Waals surface area (Å²) < 4.78 is 0. The van der Waals surface area contributed by atoms with E-state index >= 15 is 0 Å². The normalized spacial score (nSPS) is 19.8. The number of hydrazine groups is 1. The number of hydrogen-bond donors (Lipinski definition) is 5. The molecule has 2 aromatic carbocycles. The zero-order valence-corrected chi connectivity index (χ0v) is 19.4. The molecule has 0 fully saturated rings. The van der Waals surface area contributed by atoms with Gasteiger partial charge in [0.1, 0.15) is 0 Å². The fourth-order valence-electron chi connectivity index (χ4n) is 4.69. The van der Waals surface area contributed by atoms with Crippen LogP contribution in [0.5, 0.6) is 0 Å². The van der Waals surface area contributed by atoms with Gasteiger partial charge in [0.2, 0.25) is 5.91 Å². The van der Waals surface area contributed by atoms with Crippen LogP contribution < -0.4 is 27.5 Å². The van der Waals surface area contributed by atoms with Crippen molar-refractivity contribution < 1.29 is 4.79 Å². The Morgan fingerprint density at radius 3 is 2.79 bits per heavy atom. The minimum Gasteiger partial charge on any atom is -0.401 e. The SMILES string of the molecule is CNC(=O)Cc1ccccc1NC1CCN(N)/C(=C(/C)N)c2ccc(C3=CCNCC3)cc21. The van der Waals surface area contributed by atoms with Crippen molar-refractivity contribution in [1.82, 2.24) is 15.6 Å². The van der Waals surface area contributed by atoms with E-state index in [0.717, 1.165) is 48.4 Å². The molecule has 7 heteroatoms. The van der Waals surface area contributed by atoms with Crippen LogP contribution >= 0.6 is 0 Å². The Labute approximate surface area is 195 Å². The maximum Gasteiger partial charge on any atom is 0.224 e. The highest BCUT2D eigenvalue weighted by Gasteiger charge is 2.27. The van der Waals surface area contributed by atoms with Crippen LogP contribution in [0, 0.1) is 0 Å². The summed E-state index contributed by atoms with van der Waals surface area (Å²) in [6, 6.07) is 14.6. The van der Waals surface area contributed by atoms with Crippen LogP contribution in [-0.2, 0) is 11.2 Å². The van der Waals surface area contributed by atoms with E-state index in [-0.39, 0.29) is 11.9 Å². The van der Waals surface area contributed by atoms with Gasteiger partial charge in [0, 0.05) is 37.1 Å². The molecular formula is C26H34N6O. The maximum absolute atomic E-state index is 12.1. The molecule has 0 aromatic heterocycles. The minimum atomic E-state index is -0.0113. The molecule has 2 aliphatic rings. The average Bonchev–Trinajstić information content (AvgIpc) is 2.96. The fraction of sp³-hybridized carbons (Fsp3) is 0.346. The van der Waals surface area contributed by atoms with E-state index in [1.807, 2.05) is 31.2 Å². The number of nitrogens with two attached hydrogens (primary N) is 2. The summed E-state index contributed by atoms with van der Waals surface area (Å²) in [5.74, 6) is 6.43. The van der Waals surface area contributed by atoms with Gasteiger partial charge in [0.25, 0.3) is 0 Å². The summed E-state index contributed by atoms with van der Waals surface area (Å²) in [6.07, 6.45) is 4.41. The van der Waals surface area contributed by atoms with Crippen molar-refractivity contribution in [1.29, 1.82) is 0 Å². The predicted octanol–water partition coefficient (Wildman–Crippen LogP) is 2.73. The lowest BCUT2D eigenvalue weighted by Gasteiger charge is -2.24. The van der Waals surface area contributed by atoms with Crippen LogP contribution in [0.15, 0.2) is 54.2 Å². The molecule has 2 heterocycles. The second-order valence-electron chi connectivity index (χ2n) is 8.70. The Hall–Kier alpha value is -3.29. The van der Waals surface area contributed by atoms with E-state index in [2.05, 4.69) is 40.2 Å². The topological polar surface area (TPSA) is 108 Å². The summed E-state index contributed by atoms with van der Waals surface area (Å²) in [6.45, 7) is 4.44. The van der Waals surface area contributed by atoms with Gasteiger partial charge in [-0.05, 0) is 60.7 Å². The molecule has 2 aliphatic heterocycles. The Morgan fingerprint density at radius 2 is 2.06 bits per heavy atom. The quantitative estimate of drug-likeness (QED) is 0.452. The molecule has 174 valence electrons. The van der Waals surface area contributed by atoms with Crippen LogP contribution in [0.1, 0.15) is 48.1 Å². The number of allylic oxidation sites excluding steroid dienone is 1. The second-order valence-corrected chi connectivity index (χ2v) is 8.70. The molecule has 1 atom stereocenters. The van der Waals surface area contributed by atoms with Crippen molar-refractivity contribution in [3.8, 4) is 0 Å². The Balaban J connectivity index is 1.77. The van der Waals surface area contributed by atoms with E-state index in [1.165, 1.54) is 16.7 Å². The standard InChI is InChI=1S/C26H34N6O/c1-17(27)26-21-8-7-19(18-9-12-30-13-10-18)15-22(21)24(11-14-32(26)28)31-23-6-4-3-5-20(23)16-25(33)29-2/h3-9,15,24,30-31H,10-14,16,27-28H2,1-2H3,(H,29,33)/b26-17-. The number of fused-ring (bicyclic) bond motifs is 1. The molecule has 4 rings (SSSR count). The van der Waals surface area contributed by atoms with Crippen molar-refractivity contribution in [3.05, 3.63) is 76.5 Å². The number of benzene rings is 2. The Bertz CT molecular complexity index is 1090. The third-order valence-corrected chi connectivity index (χ3v) is 6.41. The van der Waals surface area contributed by atoms with Gasteiger partial charge >= 0.3 is 0 Å². The highest BCUT2D eigenvalue weighted by atomic mass is 16.1. The van der Waals surface area contributed by atoms with E-state index in [1.54, 1.807) is 12.1 Å². The number of para-hydroxylation sites is 1. The third-order valence-electron chi connectivity index (χ3n) is 6.41. The minimum absolute atomic E-state index is 0.0113. The summed E-state index contributed by atoms with van der Waals surface area (Å²) in [4.78, 5) is 12.1. The summed E-state index contributed by atoms with van der Waals surface area (Å²) >= 11 is 0. The molecule has 0 radical (unpaired) electrons. The highest BCUT2D eigenvalue weighted by Crippen LogP contribution is 2.37. The summed E-state index contributed by atoms with van der Waals surface area (Å²) in [5, 5.41) is 11.6. The Kier molecular flexibility index (Phi) is 7.01. The van der Waals surface area contributed by atoms with Gasteiger partial charge in [-0.25, -0.2) is 5.84 Å². The second kappa shape index (κ2) is 10.1. The van der Waals surface area contributed by atoms with Crippen LogP contribution in [0.4, 0.5) is 5.69 Å². The number of nitrogens with zero attached hydrogens (tertiary/aromatic N) is 1. The van der Waals surface area contributed by atoms with E-state index in [0.29, 0.717) is 18.7 Å². The fourth-order valence-corrected chi connectivity index (χ4v) is 4.69. The molecule has 0 bridgehead atoms. The van der Waals surface area contributed by atoms with E-state index in [4.69, 9.17) is 11.6 Å². The van der Waals surface area contributed by atoms with Crippen LogP contribution in [-0.4, -0.2) is 37.6 Å². The molecule has 1 unspecified atom stereocenters. The zero-order chi connectivity index (χ0) is 23.4.